The summed E-state index contributed by atoms with van der Waals surface area (Å²) in [6, 6.07) is 15.1. The fraction of sp³-hybridized carbons (Fsp3) is 0.455. The summed E-state index contributed by atoms with van der Waals surface area (Å²) in [5, 5.41) is 0.937. The monoisotopic (exact) mass is 417 g/mol. The van der Waals surface area contributed by atoms with Crippen LogP contribution in [-0.4, -0.2) is 46.5 Å². The van der Waals surface area contributed by atoms with Crippen molar-refractivity contribution in [3.8, 4) is 0 Å². The summed E-state index contributed by atoms with van der Waals surface area (Å²) in [7, 11) is 2.03. The van der Waals surface area contributed by atoms with Crippen LogP contribution in [0.4, 0.5) is 11.4 Å². The van der Waals surface area contributed by atoms with E-state index in [1.54, 1.807) is 24.2 Å². The van der Waals surface area contributed by atoms with Crippen molar-refractivity contribution in [3.63, 3.8) is 0 Å². The van der Waals surface area contributed by atoms with Gasteiger partial charge in [-0.3, -0.25) is 9.56 Å². The van der Waals surface area contributed by atoms with E-state index in [-0.39, 0.29) is 18.1 Å². The fourth-order valence-corrected chi connectivity index (χ4v) is 5.05. The number of hydrogen-bond donors (Lipinski definition) is 1. The van der Waals surface area contributed by atoms with Gasteiger partial charge in [0.05, 0.1) is 12.6 Å². The van der Waals surface area contributed by atoms with Gasteiger partial charge in [-0.1, -0.05) is 45.0 Å². The summed E-state index contributed by atoms with van der Waals surface area (Å²) < 4.78 is 29.0. The molecule has 1 aliphatic rings. The minimum absolute atomic E-state index is 0.0440. The highest BCUT2D eigenvalue weighted by Gasteiger charge is 2.43. The fourth-order valence-electron chi connectivity index (χ4n) is 3.53. The first-order valence-corrected chi connectivity index (χ1v) is 11.3. The number of rotatable bonds is 5. The first-order chi connectivity index (χ1) is 13.5. The SMILES string of the molecule is CN(C)c1ccc(NS(=O)(=O)[C@H]2CON(C)[C@@H]2c2ccc(C(C)(C)C)cc2)cc1. The summed E-state index contributed by atoms with van der Waals surface area (Å²) in [5.41, 5.74) is 3.74. The highest BCUT2D eigenvalue weighted by atomic mass is 32.2. The molecule has 0 spiro atoms. The molecular weight excluding hydrogens is 386 g/mol. The molecule has 1 heterocycles. The van der Waals surface area contributed by atoms with Crippen molar-refractivity contribution < 1.29 is 13.3 Å². The molecule has 0 unspecified atom stereocenters. The third-order valence-corrected chi connectivity index (χ3v) is 7.06. The quantitative estimate of drug-likeness (QED) is 0.802. The van der Waals surface area contributed by atoms with Crippen LogP contribution < -0.4 is 9.62 Å². The number of anilines is 2. The Bertz CT molecular complexity index is 933. The first-order valence-electron chi connectivity index (χ1n) is 9.74. The van der Waals surface area contributed by atoms with Gasteiger partial charge >= 0.3 is 0 Å². The van der Waals surface area contributed by atoms with E-state index in [0.717, 1.165) is 11.3 Å². The van der Waals surface area contributed by atoms with Crippen LogP contribution >= 0.6 is 0 Å². The molecule has 1 aliphatic heterocycles. The Kier molecular flexibility index (Phi) is 5.94. The summed E-state index contributed by atoms with van der Waals surface area (Å²) in [6.45, 7) is 6.59. The first kappa shape index (κ1) is 21.6. The standard InChI is InChI=1S/C22H31N3O3S/c1-22(2,3)17-9-7-16(8-10-17)21-20(15-28-25(21)6)29(26,27)23-18-11-13-19(14-12-18)24(4)5/h7-14,20-21,23H,15H2,1-6H3/t20-,21+/m0/s1. The van der Waals surface area contributed by atoms with Crippen molar-refractivity contribution in [2.45, 2.75) is 37.5 Å². The van der Waals surface area contributed by atoms with E-state index in [4.69, 9.17) is 4.84 Å². The molecule has 158 valence electrons. The van der Waals surface area contributed by atoms with Gasteiger partial charge in [-0.15, -0.1) is 0 Å². The van der Waals surface area contributed by atoms with Crippen molar-refractivity contribution in [1.82, 2.24) is 5.06 Å². The Balaban J connectivity index is 1.84. The number of hydroxylamine groups is 2. The van der Waals surface area contributed by atoms with Crippen molar-refractivity contribution in [2.24, 2.45) is 0 Å². The van der Waals surface area contributed by atoms with Crippen LogP contribution in [0.15, 0.2) is 48.5 Å². The van der Waals surface area contributed by atoms with Crippen LogP contribution in [0.3, 0.4) is 0 Å². The summed E-state index contributed by atoms with van der Waals surface area (Å²) >= 11 is 0. The van der Waals surface area contributed by atoms with Gasteiger partial charge in [-0.05, 0) is 40.8 Å². The van der Waals surface area contributed by atoms with Gasteiger partial charge in [0.2, 0.25) is 10.0 Å². The van der Waals surface area contributed by atoms with Gasteiger partial charge in [0.1, 0.15) is 5.25 Å². The number of sulfonamides is 1. The number of hydrogen-bond acceptors (Lipinski definition) is 5. The second-order valence-electron chi connectivity index (χ2n) is 8.79. The minimum Gasteiger partial charge on any atom is -0.378 e. The highest BCUT2D eigenvalue weighted by molar-refractivity contribution is 7.93. The number of nitrogens with zero attached hydrogens (tertiary/aromatic N) is 2. The van der Waals surface area contributed by atoms with E-state index in [2.05, 4.69) is 37.6 Å². The zero-order valence-corrected chi connectivity index (χ0v) is 18.8. The maximum Gasteiger partial charge on any atom is 0.239 e. The molecule has 2 atom stereocenters. The van der Waals surface area contributed by atoms with Crippen LogP contribution in [0.5, 0.6) is 0 Å². The Morgan fingerprint density at radius 3 is 2.14 bits per heavy atom. The van der Waals surface area contributed by atoms with E-state index < -0.39 is 15.3 Å². The summed E-state index contributed by atoms with van der Waals surface area (Å²) in [4.78, 5) is 7.58. The van der Waals surface area contributed by atoms with E-state index in [1.165, 1.54) is 5.56 Å². The van der Waals surface area contributed by atoms with Gasteiger partial charge in [0.15, 0.2) is 0 Å². The molecule has 2 aromatic carbocycles. The second-order valence-corrected chi connectivity index (χ2v) is 10.7. The summed E-state index contributed by atoms with van der Waals surface area (Å²) in [6.07, 6.45) is 0. The van der Waals surface area contributed by atoms with Crippen LogP contribution in [0.1, 0.15) is 37.9 Å². The van der Waals surface area contributed by atoms with Crippen molar-refractivity contribution in [2.75, 3.05) is 37.4 Å². The third-order valence-electron chi connectivity index (χ3n) is 5.35. The zero-order valence-electron chi connectivity index (χ0n) is 18.0. The van der Waals surface area contributed by atoms with Gasteiger partial charge in [0.25, 0.3) is 0 Å². The lowest BCUT2D eigenvalue weighted by Crippen LogP contribution is -2.35. The molecule has 0 aliphatic carbocycles. The molecule has 1 N–H and O–H groups in total. The molecule has 6 nitrogen and oxygen atoms in total. The topological polar surface area (TPSA) is 61.9 Å². The molecule has 29 heavy (non-hydrogen) atoms. The van der Waals surface area contributed by atoms with Crippen LogP contribution in [0, 0.1) is 0 Å². The van der Waals surface area contributed by atoms with Gasteiger partial charge in [-0.25, -0.2) is 8.42 Å². The predicted octanol–water partition coefficient (Wildman–Crippen LogP) is 3.78. The van der Waals surface area contributed by atoms with Crippen molar-refractivity contribution in [3.05, 3.63) is 59.7 Å². The number of benzene rings is 2. The highest BCUT2D eigenvalue weighted by Crippen LogP contribution is 2.35. The maximum absolute atomic E-state index is 13.1. The maximum atomic E-state index is 13.1. The van der Waals surface area contributed by atoms with Gasteiger partial charge in [0, 0.05) is 32.5 Å². The van der Waals surface area contributed by atoms with Crippen LogP contribution in [0.25, 0.3) is 0 Å². The molecule has 0 bridgehead atoms. The predicted molar refractivity (Wildman–Crippen MR) is 119 cm³/mol. The van der Waals surface area contributed by atoms with E-state index in [0.29, 0.717) is 5.69 Å². The lowest BCUT2D eigenvalue weighted by molar-refractivity contribution is -0.110. The van der Waals surface area contributed by atoms with Gasteiger partial charge < -0.3 is 4.90 Å². The molecule has 7 heteroatoms. The Labute approximate surface area is 174 Å². The molecule has 3 rings (SSSR count). The third kappa shape index (κ3) is 4.74. The zero-order chi connectivity index (χ0) is 21.4. The summed E-state index contributed by atoms with van der Waals surface area (Å²) in [5.74, 6) is 0. The lowest BCUT2D eigenvalue weighted by atomic mass is 9.86. The smallest absolute Gasteiger partial charge is 0.239 e. The normalized spacial score (nSPS) is 20.6. The average Bonchev–Trinajstić information content (AvgIpc) is 3.04. The van der Waals surface area contributed by atoms with Crippen LogP contribution in [0.2, 0.25) is 0 Å². The molecule has 0 amide bonds. The minimum atomic E-state index is -3.65. The Hall–Kier alpha value is -2.09. The molecule has 0 radical (unpaired) electrons. The van der Waals surface area contributed by atoms with Crippen molar-refractivity contribution in [1.29, 1.82) is 0 Å². The lowest BCUT2D eigenvalue weighted by Gasteiger charge is -2.25. The molecule has 1 saturated heterocycles. The van der Waals surface area contributed by atoms with E-state index in [9.17, 15) is 8.42 Å². The van der Waals surface area contributed by atoms with Crippen LogP contribution in [-0.2, 0) is 20.3 Å². The van der Waals surface area contributed by atoms with E-state index in [1.807, 2.05) is 43.3 Å². The largest absolute Gasteiger partial charge is 0.378 e. The molecule has 0 saturated carbocycles. The van der Waals surface area contributed by atoms with Gasteiger partial charge in [-0.2, -0.15) is 5.06 Å². The second kappa shape index (κ2) is 7.97. The molecule has 0 aromatic heterocycles. The molecule has 2 aromatic rings. The Morgan fingerprint density at radius 1 is 1.03 bits per heavy atom. The number of nitrogens with one attached hydrogen (secondary N) is 1. The van der Waals surface area contributed by atoms with Crippen molar-refractivity contribution >= 4 is 21.4 Å². The molecular formula is C22H31N3O3S. The Morgan fingerprint density at radius 2 is 1.62 bits per heavy atom. The van der Waals surface area contributed by atoms with E-state index >= 15 is 0 Å². The molecule has 1 fully saturated rings. The average molecular weight is 418 g/mol.